The number of nitrogens with one attached hydrogen (secondary N) is 1. The highest BCUT2D eigenvalue weighted by molar-refractivity contribution is 7.99. The molecule has 2 heteroatoms. The van der Waals surface area contributed by atoms with E-state index < -0.39 is 0 Å². The van der Waals surface area contributed by atoms with Gasteiger partial charge in [0, 0.05) is 17.2 Å². The maximum absolute atomic E-state index is 3.18. The zero-order chi connectivity index (χ0) is 13.2. The molecule has 0 aliphatic carbocycles. The van der Waals surface area contributed by atoms with Crippen LogP contribution in [0.25, 0.3) is 0 Å². The van der Waals surface area contributed by atoms with E-state index in [1.165, 1.54) is 41.9 Å². The van der Waals surface area contributed by atoms with Gasteiger partial charge in [-0.05, 0) is 37.1 Å². The molecular weight excluding hydrogens is 238 g/mol. The molecule has 0 aliphatic rings. The van der Waals surface area contributed by atoms with Crippen molar-refractivity contribution in [1.82, 2.24) is 5.32 Å². The minimum Gasteiger partial charge on any atom is -0.316 e. The highest BCUT2D eigenvalue weighted by Gasteiger charge is 2.06. The Labute approximate surface area is 117 Å². The number of benzene rings is 1. The number of hydrogen-bond donors (Lipinski definition) is 1. The topological polar surface area (TPSA) is 12.0 Å². The summed E-state index contributed by atoms with van der Waals surface area (Å²) in [5.41, 5.74) is 1.36. The van der Waals surface area contributed by atoms with Gasteiger partial charge in [-0.2, -0.15) is 0 Å². The Balaban J connectivity index is 2.37. The lowest BCUT2D eigenvalue weighted by Crippen LogP contribution is -2.04. The smallest absolute Gasteiger partial charge is 0.0202 e. The average molecular weight is 265 g/mol. The molecule has 0 bridgehead atoms. The Bertz CT molecular complexity index is 307. The molecule has 0 spiro atoms. The van der Waals surface area contributed by atoms with Crippen LogP contribution in [0.1, 0.15) is 45.1 Å². The van der Waals surface area contributed by atoms with Crippen molar-refractivity contribution in [3.63, 3.8) is 0 Å². The highest BCUT2D eigenvalue weighted by Crippen LogP contribution is 2.25. The molecule has 1 aromatic carbocycles. The van der Waals surface area contributed by atoms with Gasteiger partial charge in [0.05, 0.1) is 0 Å². The van der Waals surface area contributed by atoms with Crippen molar-refractivity contribution in [2.75, 3.05) is 12.8 Å². The Hall–Kier alpha value is -0.470. The summed E-state index contributed by atoms with van der Waals surface area (Å²) in [5.74, 6) is 2.15. The predicted octanol–water partition coefficient (Wildman–Crippen LogP) is 4.71. The molecule has 0 aromatic heterocycles. The molecule has 0 heterocycles. The van der Waals surface area contributed by atoms with Gasteiger partial charge in [-0.25, -0.2) is 0 Å². The van der Waals surface area contributed by atoms with E-state index >= 15 is 0 Å². The van der Waals surface area contributed by atoms with E-state index in [9.17, 15) is 0 Å². The van der Waals surface area contributed by atoms with Gasteiger partial charge < -0.3 is 5.32 Å². The molecule has 1 atom stereocenters. The van der Waals surface area contributed by atoms with Gasteiger partial charge in [0.2, 0.25) is 0 Å². The van der Waals surface area contributed by atoms with Crippen molar-refractivity contribution in [2.24, 2.45) is 5.92 Å². The molecule has 1 aromatic rings. The minimum atomic E-state index is 0.881. The molecule has 0 fully saturated rings. The first-order valence-corrected chi connectivity index (χ1v) is 8.15. The number of thioether (sulfide) groups is 1. The molecule has 1 rings (SSSR count). The van der Waals surface area contributed by atoms with Crippen LogP contribution >= 0.6 is 11.8 Å². The van der Waals surface area contributed by atoms with Crippen molar-refractivity contribution in [2.45, 2.75) is 51.0 Å². The molecule has 0 radical (unpaired) electrons. The van der Waals surface area contributed by atoms with Crippen LogP contribution in [0, 0.1) is 5.92 Å². The molecule has 102 valence electrons. The molecule has 0 aliphatic heterocycles. The van der Waals surface area contributed by atoms with E-state index in [0.717, 1.165) is 12.5 Å². The average Bonchev–Trinajstić information content (AvgIpc) is 2.41. The zero-order valence-corrected chi connectivity index (χ0v) is 12.9. The quantitative estimate of drug-likeness (QED) is 0.649. The first kappa shape index (κ1) is 15.6. The van der Waals surface area contributed by atoms with Crippen molar-refractivity contribution < 1.29 is 0 Å². The Morgan fingerprint density at radius 1 is 1.17 bits per heavy atom. The van der Waals surface area contributed by atoms with Crippen molar-refractivity contribution in [3.05, 3.63) is 29.8 Å². The van der Waals surface area contributed by atoms with E-state index in [-0.39, 0.29) is 0 Å². The summed E-state index contributed by atoms with van der Waals surface area (Å²) in [6.45, 7) is 5.55. The number of unbranched alkanes of at least 4 members (excludes halogenated alkanes) is 1. The Morgan fingerprint density at radius 2 is 1.89 bits per heavy atom. The van der Waals surface area contributed by atoms with E-state index in [1.807, 2.05) is 18.8 Å². The lowest BCUT2D eigenvalue weighted by atomic mass is 10.0. The molecule has 0 saturated carbocycles. The lowest BCUT2D eigenvalue weighted by Gasteiger charge is -2.13. The zero-order valence-electron chi connectivity index (χ0n) is 12.0. The SMILES string of the molecule is CCCCC(CC)CSc1ccc(CNC)cc1. The maximum atomic E-state index is 3.18. The second-order valence-corrected chi connectivity index (χ2v) is 6.00. The van der Waals surface area contributed by atoms with Crippen LogP contribution in [-0.2, 0) is 6.54 Å². The summed E-state index contributed by atoms with van der Waals surface area (Å²) in [6, 6.07) is 8.96. The van der Waals surface area contributed by atoms with Crippen LogP contribution in [0.15, 0.2) is 29.2 Å². The van der Waals surface area contributed by atoms with Crippen LogP contribution in [0.5, 0.6) is 0 Å². The normalized spacial score (nSPS) is 12.6. The third kappa shape index (κ3) is 5.92. The van der Waals surface area contributed by atoms with E-state index in [4.69, 9.17) is 0 Å². The summed E-state index contributed by atoms with van der Waals surface area (Å²) in [5, 5.41) is 3.18. The molecule has 18 heavy (non-hydrogen) atoms. The Kier molecular flexibility index (Phi) is 8.19. The molecule has 1 N–H and O–H groups in total. The van der Waals surface area contributed by atoms with Crippen molar-refractivity contribution in [1.29, 1.82) is 0 Å². The third-order valence-corrected chi connectivity index (χ3v) is 4.58. The molecule has 0 saturated heterocycles. The first-order valence-electron chi connectivity index (χ1n) is 7.16. The third-order valence-electron chi connectivity index (χ3n) is 3.33. The summed E-state index contributed by atoms with van der Waals surface area (Å²) in [6.07, 6.45) is 5.39. The van der Waals surface area contributed by atoms with E-state index in [0.29, 0.717) is 0 Å². The summed E-state index contributed by atoms with van der Waals surface area (Å²) < 4.78 is 0. The van der Waals surface area contributed by atoms with Gasteiger partial charge >= 0.3 is 0 Å². The molecule has 0 amide bonds. The van der Waals surface area contributed by atoms with Crippen LogP contribution in [-0.4, -0.2) is 12.8 Å². The number of hydrogen-bond acceptors (Lipinski definition) is 2. The van der Waals surface area contributed by atoms with E-state index in [2.05, 4.69) is 43.4 Å². The fraction of sp³-hybridized carbons (Fsp3) is 0.625. The Morgan fingerprint density at radius 3 is 2.44 bits per heavy atom. The molecule has 1 unspecified atom stereocenters. The fourth-order valence-electron chi connectivity index (χ4n) is 2.02. The molecular formula is C16H27NS. The summed E-state index contributed by atoms with van der Waals surface area (Å²) in [4.78, 5) is 1.41. The largest absolute Gasteiger partial charge is 0.316 e. The summed E-state index contributed by atoms with van der Waals surface area (Å²) in [7, 11) is 1.99. The van der Waals surface area contributed by atoms with Crippen LogP contribution < -0.4 is 5.32 Å². The minimum absolute atomic E-state index is 0.881. The monoisotopic (exact) mass is 265 g/mol. The number of rotatable bonds is 9. The second kappa shape index (κ2) is 9.46. The predicted molar refractivity (Wildman–Crippen MR) is 83.2 cm³/mol. The van der Waals surface area contributed by atoms with Gasteiger partial charge in [0.15, 0.2) is 0 Å². The first-order chi connectivity index (χ1) is 8.80. The standard InChI is InChI=1S/C16H27NS/c1-4-6-7-14(5-2)13-18-16-10-8-15(9-11-16)12-17-3/h8-11,14,17H,4-7,12-13H2,1-3H3. The van der Waals surface area contributed by atoms with Crippen LogP contribution in [0.4, 0.5) is 0 Å². The van der Waals surface area contributed by atoms with Crippen LogP contribution in [0.2, 0.25) is 0 Å². The van der Waals surface area contributed by atoms with Gasteiger partial charge in [-0.3, -0.25) is 0 Å². The highest BCUT2D eigenvalue weighted by atomic mass is 32.2. The van der Waals surface area contributed by atoms with Gasteiger partial charge in [0.1, 0.15) is 0 Å². The summed E-state index contributed by atoms with van der Waals surface area (Å²) >= 11 is 2.01. The van der Waals surface area contributed by atoms with Gasteiger partial charge in [0.25, 0.3) is 0 Å². The molecule has 1 nitrogen and oxygen atoms in total. The van der Waals surface area contributed by atoms with Gasteiger partial charge in [-0.15, -0.1) is 11.8 Å². The van der Waals surface area contributed by atoms with Crippen molar-refractivity contribution in [3.8, 4) is 0 Å². The fourth-order valence-corrected chi connectivity index (χ4v) is 3.18. The van der Waals surface area contributed by atoms with Gasteiger partial charge in [-0.1, -0.05) is 45.2 Å². The van der Waals surface area contributed by atoms with E-state index in [1.54, 1.807) is 0 Å². The maximum Gasteiger partial charge on any atom is 0.0202 e. The van der Waals surface area contributed by atoms with Crippen LogP contribution in [0.3, 0.4) is 0 Å². The lowest BCUT2D eigenvalue weighted by molar-refractivity contribution is 0.499. The second-order valence-electron chi connectivity index (χ2n) is 4.90. The van der Waals surface area contributed by atoms with Crippen molar-refractivity contribution >= 4 is 11.8 Å².